The number of benzene rings is 2. The summed E-state index contributed by atoms with van der Waals surface area (Å²) in [6, 6.07) is 22.2. The highest BCUT2D eigenvalue weighted by Crippen LogP contribution is 2.35. The largest absolute Gasteiger partial charge is 0.288 e. The van der Waals surface area contributed by atoms with Crippen LogP contribution in [0.3, 0.4) is 0 Å². The third-order valence-corrected chi connectivity index (χ3v) is 4.30. The second-order valence-corrected chi connectivity index (χ2v) is 5.71. The van der Waals surface area contributed by atoms with Crippen molar-refractivity contribution in [1.29, 1.82) is 0 Å². The average Bonchev–Trinajstić information content (AvgIpc) is 3.06. The first-order chi connectivity index (χ1) is 10.9. The Morgan fingerprint density at radius 1 is 0.864 bits per heavy atom. The maximum absolute atomic E-state index is 4.26. The van der Waals surface area contributed by atoms with Crippen LogP contribution in [-0.4, -0.2) is 32.8 Å². The minimum absolute atomic E-state index is 0.308. The molecular weight excluding hydrogens is 272 g/mol. The lowest BCUT2D eigenvalue weighted by molar-refractivity contribution is 0.0680. The van der Waals surface area contributed by atoms with Crippen molar-refractivity contribution in [2.24, 2.45) is 0 Å². The van der Waals surface area contributed by atoms with Crippen LogP contribution in [0.15, 0.2) is 73.3 Å². The summed E-state index contributed by atoms with van der Waals surface area (Å²) >= 11 is 0. The fraction of sp³-hybridized carbons (Fsp3) is 0.222. The van der Waals surface area contributed by atoms with Crippen molar-refractivity contribution >= 4 is 0 Å². The Kier molecular flexibility index (Phi) is 3.45. The van der Waals surface area contributed by atoms with Gasteiger partial charge < -0.3 is 0 Å². The van der Waals surface area contributed by atoms with Crippen molar-refractivity contribution in [3.8, 4) is 0 Å². The van der Waals surface area contributed by atoms with Crippen molar-refractivity contribution in [2.45, 2.75) is 12.1 Å². The maximum atomic E-state index is 4.26. The van der Waals surface area contributed by atoms with E-state index < -0.39 is 0 Å². The fourth-order valence-corrected chi connectivity index (χ4v) is 3.16. The van der Waals surface area contributed by atoms with Gasteiger partial charge in [0.1, 0.15) is 12.7 Å². The predicted molar refractivity (Wildman–Crippen MR) is 85.4 cm³/mol. The lowest BCUT2D eigenvalue weighted by atomic mass is 9.93. The molecule has 0 N–H and O–H groups in total. The van der Waals surface area contributed by atoms with E-state index >= 15 is 0 Å². The summed E-state index contributed by atoms with van der Waals surface area (Å²) in [6.45, 7) is 2.00. The van der Waals surface area contributed by atoms with Gasteiger partial charge >= 0.3 is 0 Å². The van der Waals surface area contributed by atoms with Crippen LogP contribution in [-0.2, 0) is 0 Å². The number of hydrogen-bond acceptors (Lipinski definition) is 3. The van der Waals surface area contributed by atoms with E-state index in [1.165, 1.54) is 11.1 Å². The third-order valence-electron chi connectivity index (χ3n) is 4.30. The first-order valence-electron chi connectivity index (χ1n) is 7.60. The summed E-state index contributed by atoms with van der Waals surface area (Å²) in [5.41, 5.74) is 2.68. The van der Waals surface area contributed by atoms with Crippen LogP contribution in [0, 0.1) is 0 Å². The van der Waals surface area contributed by atoms with Crippen molar-refractivity contribution in [3.63, 3.8) is 0 Å². The molecule has 0 bridgehead atoms. The van der Waals surface area contributed by atoms with E-state index in [1.807, 2.05) is 11.0 Å². The zero-order valence-corrected chi connectivity index (χ0v) is 12.3. The summed E-state index contributed by atoms with van der Waals surface area (Å²) in [5.74, 6) is 0. The molecule has 1 aliphatic rings. The second kappa shape index (κ2) is 5.73. The molecule has 1 saturated heterocycles. The molecule has 4 heteroatoms. The Labute approximate surface area is 130 Å². The van der Waals surface area contributed by atoms with Crippen LogP contribution < -0.4 is 0 Å². The predicted octanol–water partition coefficient (Wildman–Crippen LogP) is 2.92. The van der Waals surface area contributed by atoms with Crippen LogP contribution >= 0.6 is 0 Å². The molecular formula is C18H18N4. The van der Waals surface area contributed by atoms with E-state index in [9.17, 15) is 0 Å². The SMILES string of the molecule is c1ccc(C(c2ccccc2)N2CC(n3cncn3)C2)cc1. The summed E-state index contributed by atoms with van der Waals surface area (Å²) in [7, 11) is 0. The minimum atomic E-state index is 0.308. The second-order valence-electron chi connectivity index (χ2n) is 5.71. The Hall–Kier alpha value is -2.46. The number of hydrogen-bond donors (Lipinski definition) is 0. The molecule has 0 saturated carbocycles. The van der Waals surface area contributed by atoms with Gasteiger partial charge in [0.2, 0.25) is 0 Å². The van der Waals surface area contributed by atoms with Crippen LogP contribution in [0.1, 0.15) is 23.2 Å². The fourth-order valence-electron chi connectivity index (χ4n) is 3.16. The summed E-state index contributed by atoms with van der Waals surface area (Å²) in [6.07, 6.45) is 3.41. The monoisotopic (exact) mass is 290 g/mol. The first kappa shape index (κ1) is 13.2. The quantitative estimate of drug-likeness (QED) is 0.741. The number of nitrogens with zero attached hydrogens (tertiary/aromatic N) is 4. The van der Waals surface area contributed by atoms with Crippen LogP contribution in [0.25, 0.3) is 0 Å². The number of likely N-dealkylation sites (tertiary alicyclic amines) is 1. The van der Waals surface area contributed by atoms with E-state index in [4.69, 9.17) is 0 Å². The van der Waals surface area contributed by atoms with Crippen molar-refractivity contribution in [3.05, 3.63) is 84.4 Å². The molecule has 1 aromatic heterocycles. The molecule has 0 spiro atoms. The van der Waals surface area contributed by atoms with Gasteiger partial charge in [-0.1, -0.05) is 60.7 Å². The third kappa shape index (κ3) is 2.42. The Bertz CT molecular complexity index is 664. The molecule has 4 rings (SSSR count). The normalized spacial score (nSPS) is 15.9. The van der Waals surface area contributed by atoms with Gasteiger partial charge in [-0.25, -0.2) is 9.67 Å². The van der Waals surface area contributed by atoms with Gasteiger partial charge in [0.15, 0.2) is 0 Å². The Balaban J connectivity index is 1.60. The molecule has 1 fully saturated rings. The molecule has 0 radical (unpaired) electrons. The van der Waals surface area contributed by atoms with E-state index in [0.717, 1.165) is 13.1 Å². The topological polar surface area (TPSA) is 34.0 Å². The van der Waals surface area contributed by atoms with Crippen molar-refractivity contribution < 1.29 is 0 Å². The van der Waals surface area contributed by atoms with Crippen molar-refractivity contribution in [1.82, 2.24) is 19.7 Å². The summed E-state index contributed by atoms with van der Waals surface area (Å²) < 4.78 is 1.96. The molecule has 0 atom stereocenters. The molecule has 3 aromatic rings. The lowest BCUT2D eigenvalue weighted by Gasteiger charge is -2.44. The highest BCUT2D eigenvalue weighted by atomic mass is 15.4. The van der Waals surface area contributed by atoms with Gasteiger partial charge in [-0.3, -0.25) is 4.90 Å². The first-order valence-corrected chi connectivity index (χ1v) is 7.60. The van der Waals surface area contributed by atoms with Crippen LogP contribution in [0.5, 0.6) is 0 Å². The Morgan fingerprint density at radius 3 is 1.95 bits per heavy atom. The zero-order valence-electron chi connectivity index (χ0n) is 12.3. The number of aromatic nitrogens is 3. The minimum Gasteiger partial charge on any atom is -0.288 e. The highest BCUT2D eigenvalue weighted by Gasteiger charge is 2.35. The summed E-state index contributed by atoms with van der Waals surface area (Å²) in [4.78, 5) is 6.54. The van der Waals surface area contributed by atoms with Crippen LogP contribution in [0.4, 0.5) is 0 Å². The molecule has 0 unspecified atom stereocenters. The molecule has 1 aliphatic heterocycles. The molecule has 4 nitrogen and oxygen atoms in total. The van der Waals surface area contributed by atoms with Crippen LogP contribution in [0.2, 0.25) is 0 Å². The number of rotatable bonds is 4. The van der Waals surface area contributed by atoms with E-state index in [0.29, 0.717) is 12.1 Å². The van der Waals surface area contributed by atoms with Crippen molar-refractivity contribution in [2.75, 3.05) is 13.1 Å². The maximum Gasteiger partial charge on any atom is 0.137 e. The van der Waals surface area contributed by atoms with E-state index in [1.54, 1.807) is 6.33 Å². The molecule has 2 heterocycles. The van der Waals surface area contributed by atoms with Gasteiger partial charge in [0.05, 0.1) is 12.1 Å². The zero-order chi connectivity index (χ0) is 14.8. The van der Waals surface area contributed by atoms with E-state index in [2.05, 4.69) is 75.6 Å². The Morgan fingerprint density at radius 2 is 1.45 bits per heavy atom. The van der Waals surface area contributed by atoms with Gasteiger partial charge in [-0.05, 0) is 11.1 Å². The summed E-state index contributed by atoms with van der Waals surface area (Å²) in [5, 5.41) is 4.26. The smallest absolute Gasteiger partial charge is 0.137 e. The van der Waals surface area contributed by atoms with Gasteiger partial charge in [-0.15, -0.1) is 0 Å². The molecule has 0 amide bonds. The van der Waals surface area contributed by atoms with Gasteiger partial charge in [0, 0.05) is 13.1 Å². The molecule has 110 valence electrons. The van der Waals surface area contributed by atoms with Gasteiger partial charge in [-0.2, -0.15) is 5.10 Å². The van der Waals surface area contributed by atoms with Gasteiger partial charge in [0.25, 0.3) is 0 Å². The lowest BCUT2D eigenvalue weighted by Crippen LogP contribution is -2.49. The molecule has 2 aromatic carbocycles. The molecule has 0 aliphatic carbocycles. The van der Waals surface area contributed by atoms with E-state index in [-0.39, 0.29) is 0 Å². The standard InChI is InChI=1S/C18H18N4/c1-3-7-15(8-4-1)18(16-9-5-2-6-10-16)21-11-17(12-21)22-14-19-13-20-22/h1-10,13-14,17-18H,11-12H2. The average molecular weight is 290 g/mol. The molecule has 22 heavy (non-hydrogen) atoms. The highest BCUT2D eigenvalue weighted by molar-refractivity contribution is 5.32.